The number of aryl methyl sites for hydroxylation is 1. The summed E-state index contributed by atoms with van der Waals surface area (Å²) >= 11 is 0. The third-order valence-corrected chi connectivity index (χ3v) is 5.58. The number of hydrogen-bond acceptors (Lipinski definition) is 3. The van der Waals surface area contributed by atoms with E-state index >= 15 is 0 Å². The van der Waals surface area contributed by atoms with Crippen molar-refractivity contribution in [1.82, 2.24) is 14.5 Å². The standard InChI is InChI=1S/C16H25N3O3S/c1-13-5-7-14(8-6-13)23(21,22)19-11-9-18(10-12-19)15(20)17-16(2,3)4/h5-8H,9-12H2,1-4H3,(H,17,20). The summed E-state index contributed by atoms with van der Waals surface area (Å²) in [7, 11) is -3.49. The highest BCUT2D eigenvalue weighted by atomic mass is 32.2. The summed E-state index contributed by atoms with van der Waals surface area (Å²) < 4.78 is 26.7. The highest BCUT2D eigenvalue weighted by Crippen LogP contribution is 2.18. The van der Waals surface area contributed by atoms with Crippen LogP contribution >= 0.6 is 0 Å². The van der Waals surface area contributed by atoms with Crippen molar-refractivity contribution < 1.29 is 13.2 Å². The molecule has 23 heavy (non-hydrogen) atoms. The van der Waals surface area contributed by atoms with E-state index in [0.29, 0.717) is 31.1 Å². The molecule has 0 radical (unpaired) electrons. The van der Waals surface area contributed by atoms with Crippen LogP contribution in [0.5, 0.6) is 0 Å². The van der Waals surface area contributed by atoms with Crippen LogP contribution in [-0.4, -0.2) is 55.4 Å². The Morgan fingerprint density at radius 2 is 1.57 bits per heavy atom. The summed E-state index contributed by atoms with van der Waals surface area (Å²) in [5.74, 6) is 0. The molecule has 2 amide bonds. The van der Waals surface area contributed by atoms with Crippen LogP contribution in [0.3, 0.4) is 0 Å². The molecule has 1 aliphatic heterocycles. The van der Waals surface area contributed by atoms with Gasteiger partial charge in [-0.05, 0) is 39.8 Å². The fourth-order valence-electron chi connectivity index (χ4n) is 2.39. The zero-order valence-electron chi connectivity index (χ0n) is 14.2. The molecule has 0 bridgehead atoms. The van der Waals surface area contributed by atoms with Gasteiger partial charge >= 0.3 is 6.03 Å². The number of carbonyl (C=O) groups is 1. The van der Waals surface area contributed by atoms with Crippen molar-refractivity contribution in [3.63, 3.8) is 0 Å². The number of nitrogens with one attached hydrogen (secondary N) is 1. The molecule has 1 aliphatic rings. The van der Waals surface area contributed by atoms with Crippen molar-refractivity contribution in [2.75, 3.05) is 26.2 Å². The van der Waals surface area contributed by atoms with E-state index < -0.39 is 10.0 Å². The minimum absolute atomic E-state index is 0.148. The van der Waals surface area contributed by atoms with Gasteiger partial charge in [-0.1, -0.05) is 17.7 Å². The number of sulfonamides is 1. The van der Waals surface area contributed by atoms with Gasteiger partial charge in [0.05, 0.1) is 4.90 Å². The Bertz CT molecular complexity index is 655. The molecule has 0 unspecified atom stereocenters. The number of hydrogen-bond donors (Lipinski definition) is 1. The number of rotatable bonds is 2. The number of benzene rings is 1. The Hall–Kier alpha value is -1.60. The van der Waals surface area contributed by atoms with E-state index in [1.54, 1.807) is 29.2 Å². The lowest BCUT2D eigenvalue weighted by Crippen LogP contribution is -2.55. The third-order valence-electron chi connectivity index (χ3n) is 3.67. The summed E-state index contributed by atoms with van der Waals surface area (Å²) in [6.07, 6.45) is 0. The van der Waals surface area contributed by atoms with Gasteiger partial charge < -0.3 is 10.2 Å². The van der Waals surface area contributed by atoms with Crippen LogP contribution in [0.2, 0.25) is 0 Å². The van der Waals surface area contributed by atoms with Crippen LogP contribution in [0, 0.1) is 6.92 Å². The Morgan fingerprint density at radius 3 is 2.04 bits per heavy atom. The summed E-state index contributed by atoms with van der Waals surface area (Å²) in [6, 6.07) is 6.69. The third kappa shape index (κ3) is 4.45. The lowest BCUT2D eigenvalue weighted by Gasteiger charge is -2.35. The molecule has 0 saturated carbocycles. The first-order valence-corrected chi connectivity index (χ1v) is 9.17. The zero-order chi connectivity index (χ0) is 17.3. The van der Waals surface area contributed by atoms with E-state index in [-0.39, 0.29) is 11.6 Å². The molecule has 0 aliphatic carbocycles. The van der Waals surface area contributed by atoms with Crippen LogP contribution in [0.25, 0.3) is 0 Å². The number of piperazine rings is 1. The quantitative estimate of drug-likeness (QED) is 0.893. The number of carbonyl (C=O) groups excluding carboxylic acids is 1. The predicted molar refractivity (Wildman–Crippen MR) is 89.8 cm³/mol. The second-order valence-electron chi connectivity index (χ2n) is 6.88. The lowest BCUT2D eigenvalue weighted by molar-refractivity contribution is 0.165. The van der Waals surface area contributed by atoms with Crippen LogP contribution in [0.4, 0.5) is 4.79 Å². The minimum atomic E-state index is -3.49. The molecule has 0 spiro atoms. The molecule has 1 saturated heterocycles. The van der Waals surface area contributed by atoms with Crippen molar-refractivity contribution >= 4 is 16.1 Å². The molecule has 6 nitrogen and oxygen atoms in total. The van der Waals surface area contributed by atoms with Crippen molar-refractivity contribution in [3.8, 4) is 0 Å². The molecule has 7 heteroatoms. The highest BCUT2D eigenvalue weighted by Gasteiger charge is 2.30. The van der Waals surface area contributed by atoms with Gasteiger partial charge in [-0.15, -0.1) is 0 Å². The summed E-state index contributed by atoms with van der Waals surface area (Å²) in [5, 5.41) is 2.90. The topological polar surface area (TPSA) is 69.7 Å². The van der Waals surface area contributed by atoms with Crippen LogP contribution < -0.4 is 5.32 Å². The van der Waals surface area contributed by atoms with Gasteiger partial charge in [0.25, 0.3) is 0 Å². The largest absolute Gasteiger partial charge is 0.333 e. The van der Waals surface area contributed by atoms with Crippen molar-refractivity contribution in [2.24, 2.45) is 0 Å². The molecular formula is C16H25N3O3S. The summed E-state index contributed by atoms with van der Waals surface area (Å²) in [4.78, 5) is 14.1. The number of urea groups is 1. The van der Waals surface area contributed by atoms with Gasteiger partial charge in [-0.2, -0.15) is 4.31 Å². The highest BCUT2D eigenvalue weighted by molar-refractivity contribution is 7.89. The molecule has 1 aromatic carbocycles. The van der Waals surface area contributed by atoms with Crippen LogP contribution in [0.1, 0.15) is 26.3 Å². The van der Waals surface area contributed by atoms with E-state index in [2.05, 4.69) is 5.32 Å². The first-order chi connectivity index (χ1) is 10.6. The predicted octanol–water partition coefficient (Wildman–Crippen LogP) is 1.81. The van der Waals surface area contributed by atoms with E-state index in [9.17, 15) is 13.2 Å². The van der Waals surface area contributed by atoms with E-state index in [1.807, 2.05) is 27.7 Å². The fraction of sp³-hybridized carbons (Fsp3) is 0.562. The summed E-state index contributed by atoms with van der Waals surface area (Å²) in [5.41, 5.74) is 0.718. The first kappa shape index (κ1) is 17.7. The Labute approximate surface area is 138 Å². The fourth-order valence-corrected chi connectivity index (χ4v) is 3.81. The van der Waals surface area contributed by atoms with Crippen LogP contribution in [0.15, 0.2) is 29.2 Å². The van der Waals surface area contributed by atoms with Gasteiger partial charge in [0, 0.05) is 31.7 Å². The van der Waals surface area contributed by atoms with Crippen molar-refractivity contribution in [2.45, 2.75) is 38.1 Å². The van der Waals surface area contributed by atoms with Gasteiger partial charge in [0.2, 0.25) is 10.0 Å². The molecule has 1 heterocycles. The van der Waals surface area contributed by atoms with E-state index in [1.165, 1.54) is 4.31 Å². The monoisotopic (exact) mass is 339 g/mol. The van der Waals surface area contributed by atoms with Gasteiger partial charge in [0.1, 0.15) is 0 Å². The Kier molecular flexibility index (Phi) is 5.01. The molecule has 128 valence electrons. The molecule has 1 fully saturated rings. The second kappa shape index (κ2) is 6.49. The maximum absolute atomic E-state index is 12.6. The average molecular weight is 339 g/mol. The van der Waals surface area contributed by atoms with Crippen molar-refractivity contribution in [1.29, 1.82) is 0 Å². The number of nitrogens with zero attached hydrogens (tertiary/aromatic N) is 2. The second-order valence-corrected chi connectivity index (χ2v) is 8.82. The Balaban J connectivity index is 2.01. The average Bonchev–Trinajstić information content (AvgIpc) is 2.46. The SMILES string of the molecule is Cc1ccc(S(=O)(=O)N2CCN(C(=O)NC(C)(C)C)CC2)cc1. The molecule has 0 aromatic heterocycles. The smallest absolute Gasteiger partial charge is 0.317 e. The van der Waals surface area contributed by atoms with Crippen molar-refractivity contribution in [3.05, 3.63) is 29.8 Å². The molecule has 0 atom stereocenters. The van der Waals surface area contributed by atoms with Gasteiger partial charge in [0.15, 0.2) is 0 Å². The Morgan fingerprint density at radius 1 is 1.04 bits per heavy atom. The molecule has 2 rings (SSSR count). The minimum Gasteiger partial charge on any atom is -0.333 e. The number of amides is 2. The van der Waals surface area contributed by atoms with Gasteiger partial charge in [-0.25, -0.2) is 13.2 Å². The van der Waals surface area contributed by atoms with Crippen LogP contribution in [-0.2, 0) is 10.0 Å². The molecule has 1 aromatic rings. The summed E-state index contributed by atoms with van der Waals surface area (Å²) in [6.45, 7) is 9.10. The maximum Gasteiger partial charge on any atom is 0.317 e. The maximum atomic E-state index is 12.6. The molecular weight excluding hydrogens is 314 g/mol. The van der Waals surface area contributed by atoms with Gasteiger partial charge in [-0.3, -0.25) is 0 Å². The normalized spacial score (nSPS) is 17.1. The van der Waals surface area contributed by atoms with E-state index in [4.69, 9.17) is 0 Å². The molecule has 1 N–H and O–H groups in total. The zero-order valence-corrected chi connectivity index (χ0v) is 15.0. The lowest BCUT2D eigenvalue weighted by atomic mass is 10.1. The van der Waals surface area contributed by atoms with E-state index in [0.717, 1.165) is 5.56 Å². The first-order valence-electron chi connectivity index (χ1n) is 7.73.